The van der Waals surface area contributed by atoms with Crippen molar-refractivity contribution in [2.24, 2.45) is 0 Å². The highest BCUT2D eigenvalue weighted by Gasteiger charge is 2.27. The van der Waals surface area contributed by atoms with Crippen molar-refractivity contribution >= 4 is 22.9 Å². The van der Waals surface area contributed by atoms with Crippen molar-refractivity contribution in [3.8, 4) is 0 Å². The summed E-state index contributed by atoms with van der Waals surface area (Å²) >= 11 is 1.42. The Morgan fingerprint density at radius 3 is 2.47 bits per heavy atom. The molecule has 0 atom stereocenters. The highest BCUT2D eigenvalue weighted by atomic mass is 32.1. The second-order valence-electron chi connectivity index (χ2n) is 4.63. The number of nitrogens with zero attached hydrogens (tertiary/aromatic N) is 1. The van der Waals surface area contributed by atoms with Crippen LogP contribution in [-0.2, 0) is 0 Å². The minimum Gasteiger partial charge on any atom is -0.288 e. The second kappa shape index (κ2) is 4.18. The third kappa shape index (κ3) is 1.86. The first-order valence-corrected chi connectivity index (χ1v) is 6.85. The van der Waals surface area contributed by atoms with Gasteiger partial charge in [0, 0.05) is 5.92 Å². The van der Waals surface area contributed by atoms with E-state index in [1.807, 2.05) is 0 Å². The van der Waals surface area contributed by atoms with Crippen LogP contribution < -0.4 is 0 Å². The molecule has 0 N–H and O–H groups in total. The van der Waals surface area contributed by atoms with Gasteiger partial charge in [0.25, 0.3) is 0 Å². The van der Waals surface area contributed by atoms with E-state index in [9.17, 15) is 9.59 Å². The van der Waals surface area contributed by atoms with Crippen LogP contribution in [0.2, 0.25) is 0 Å². The fraction of sp³-hybridized carbons (Fsp3) is 0.462. The third-order valence-electron chi connectivity index (χ3n) is 3.44. The van der Waals surface area contributed by atoms with E-state index in [0.29, 0.717) is 16.5 Å². The summed E-state index contributed by atoms with van der Waals surface area (Å²) < 4.78 is 0. The van der Waals surface area contributed by atoms with Crippen molar-refractivity contribution in [2.75, 3.05) is 0 Å². The Bertz CT molecular complexity index is 474. The van der Waals surface area contributed by atoms with E-state index in [4.69, 9.17) is 0 Å². The van der Waals surface area contributed by atoms with Crippen LogP contribution in [0, 0.1) is 0 Å². The Morgan fingerprint density at radius 1 is 1.06 bits per heavy atom. The van der Waals surface area contributed by atoms with Crippen LogP contribution in [0.1, 0.15) is 63.2 Å². The number of ketones is 2. The van der Waals surface area contributed by atoms with E-state index in [1.54, 1.807) is 0 Å². The van der Waals surface area contributed by atoms with E-state index in [2.05, 4.69) is 4.98 Å². The second-order valence-corrected chi connectivity index (χ2v) is 5.66. The first-order valence-electron chi connectivity index (χ1n) is 6.03. The molecule has 88 valence electrons. The molecular weight excluding hydrogens is 234 g/mol. The topological polar surface area (TPSA) is 47.0 Å². The van der Waals surface area contributed by atoms with Crippen molar-refractivity contribution in [3.05, 3.63) is 27.7 Å². The number of aromatic nitrogens is 1. The van der Waals surface area contributed by atoms with Gasteiger partial charge in [-0.3, -0.25) is 9.59 Å². The molecule has 1 aromatic rings. The van der Waals surface area contributed by atoms with Crippen LogP contribution in [0.25, 0.3) is 0 Å². The molecule has 17 heavy (non-hydrogen) atoms. The normalized spacial score (nSPS) is 20.7. The Hall–Kier alpha value is -1.29. The summed E-state index contributed by atoms with van der Waals surface area (Å²) in [6.07, 6.45) is 8.72. The molecule has 1 aromatic heterocycles. The van der Waals surface area contributed by atoms with Crippen LogP contribution in [0.4, 0.5) is 0 Å². The highest BCUT2D eigenvalue weighted by molar-refractivity contribution is 7.14. The Morgan fingerprint density at radius 2 is 1.76 bits per heavy atom. The Labute approximate surface area is 104 Å². The molecular formula is C13H13NO2S. The maximum Gasteiger partial charge on any atom is 0.205 e. The highest BCUT2D eigenvalue weighted by Crippen LogP contribution is 2.36. The molecule has 3 nitrogen and oxygen atoms in total. The molecule has 1 saturated carbocycles. The number of allylic oxidation sites excluding steroid dienone is 2. The van der Waals surface area contributed by atoms with E-state index >= 15 is 0 Å². The fourth-order valence-electron chi connectivity index (χ4n) is 2.50. The van der Waals surface area contributed by atoms with Crippen LogP contribution in [0.15, 0.2) is 12.2 Å². The number of hydrogen-bond donors (Lipinski definition) is 0. The van der Waals surface area contributed by atoms with Gasteiger partial charge >= 0.3 is 0 Å². The minimum atomic E-state index is -0.127. The lowest BCUT2D eigenvalue weighted by Gasteiger charge is -2.18. The molecule has 1 heterocycles. The molecule has 0 spiro atoms. The first-order chi connectivity index (χ1) is 8.25. The number of carbonyl (C=O) groups excluding carboxylic acids is 2. The number of carbonyl (C=O) groups is 2. The molecule has 0 amide bonds. The summed E-state index contributed by atoms with van der Waals surface area (Å²) in [5.41, 5.74) is 0.378. The summed E-state index contributed by atoms with van der Waals surface area (Å²) in [7, 11) is 0. The SMILES string of the molecule is O=C1C=CC(=O)c2sc(C3CCCCC3)nc21. The molecule has 0 radical (unpaired) electrons. The average Bonchev–Trinajstić information content (AvgIpc) is 2.81. The van der Waals surface area contributed by atoms with Gasteiger partial charge in [-0.25, -0.2) is 4.98 Å². The van der Waals surface area contributed by atoms with Crippen LogP contribution in [0.3, 0.4) is 0 Å². The fourth-order valence-corrected chi connectivity index (χ4v) is 3.66. The van der Waals surface area contributed by atoms with Crippen LogP contribution in [0.5, 0.6) is 0 Å². The van der Waals surface area contributed by atoms with E-state index < -0.39 is 0 Å². The van der Waals surface area contributed by atoms with Crippen molar-refractivity contribution in [1.82, 2.24) is 4.98 Å². The molecule has 2 aliphatic carbocycles. The Balaban J connectivity index is 1.96. The predicted octanol–water partition coefficient (Wildman–Crippen LogP) is 3.13. The number of thiazole rings is 1. The molecule has 0 aliphatic heterocycles. The van der Waals surface area contributed by atoms with Crippen molar-refractivity contribution < 1.29 is 9.59 Å². The van der Waals surface area contributed by atoms with Crippen LogP contribution >= 0.6 is 11.3 Å². The number of hydrogen-bond acceptors (Lipinski definition) is 4. The van der Waals surface area contributed by atoms with Crippen molar-refractivity contribution in [1.29, 1.82) is 0 Å². The van der Waals surface area contributed by atoms with Gasteiger partial charge in [-0.15, -0.1) is 11.3 Å². The van der Waals surface area contributed by atoms with Gasteiger partial charge in [0.15, 0.2) is 5.78 Å². The summed E-state index contributed by atoms with van der Waals surface area (Å²) in [6, 6.07) is 0. The zero-order valence-electron chi connectivity index (χ0n) is 9.44. The van der Waals surface area contributed by atoms with Gasteiger partial charge in [-0.05, 0) is 25.0 Å². The maximum absolute atomic E-state index is 11.7. The zero-order chi connectivity index (χ0) is 11.8. The third-order valence-corrected chi connectivity index (χ3v) is 4.67. The standard InChI is InChI=1S/C13H13NO2S/c15-9-6-7-10(16)12-11(9)14-13(17-12)8-4-2-1-3-5-8/h6-8H,1-5H2. The monoisotopic (exact) mass is 247 g/mol. The molecule has 1 fully saturated rings. The van der Waals surface area contributed by atoms with Gasteiger partial charge in [0.05, 0.1) is 5.01 Å². The van der Waals surface area contributed by atoms with E-state index in [0.717, 1.165) is 17.8 Å². The summed E-state index contributed by atoms with van der Waals surface area (Å²) in [5, 5.41) is 0.986. The Kier molecular flexibility index (Phi) is 2.67. The molecule has 0 unspecified atom stereocenters. The minimum absolute atomic E-state index is 0.0702. The lowest BCUT2D eigenvalue weighted by molar-refractivity contribution is 0.0994. The van der Waals surface area contributed by atoms with Gasteiger partial charge in [0.2, 0.25) is 5.78 Å². The van der Waals surface area contributed by atoms with Gasteiger partial charge in [0.1, 0.15) is 10.6 Å². The lowest BCUT2D eigenvalue weighted by Crippen LogP contribution is -2.09. The summed E-state index contributed by atoms with van der Waals surface area (Å²) in [5.74, 6) is 0.261. The quantitative estimate of drug-likeness (QED) is 0.766. The first kappa shape index (κ1) is 10.8. The number of fused-ring (bicyclic) bond motifs is 1. The zero-order valence-corrected chi connectivity index (χ0v) is 10.3. The van der Waals surface area contributed by atoms with Gasteiger partial charge < -0.3 is 0 Å². The van der Waals surface area contributed by atoms with E-state index in [1.165, 1.54) is 42.8 Å². The van der Waals surface area contributed by atoms with E-state index in [-0.39, 0.29) is 11.6 Å². The maximum atomic E-state index is 11.7. The van der Waals surface area contributed by atoms with Crippen LogP contribution in [-0.4, -0.2) is 16.6 Å². The largest absolute Gasteiger partial charge is 0.288 e. The predicted molar refractivity (Wildman–Crippen MR) is 65.7 cm³/mol. The average molecular weight is 247 g/mol. The molecule has 0 saturated heterocycles. The number of rotatable bonds is 1. The molecule has 2 aliphatic rings. The van der Waals surface area contributed by atoms with Gasteiger partial charge in [-0.1, -0.05) is 19.3 Å². The molecule has 4 heteroatoms. The van der Waals surface area contributed by atoms with Crippen molar-refractivity contribution in [3.63, 3.8) is 0 Å². The van der Waals surface area contributed by atoms with Crippen molar-refractivity contribution in [2.45, 2.75) is 38.0 Å². The molecule has 0 aromatic carbocycles. The smallest absolute Gasteiger partial charge is 0.205 e. The summed E-state index contributed by atoms with van der Waals surface area (Å²) in [4.78, 5) is 28.2. The lowest BCUT2D eigenvalue weighted by atomic mass is 9.90. The van der Waals surface area contributed by atoms with Gasteiger partial charge in [-0.2, -0.15) is 0 Å². The molecule has 0 bridgehead atoms. The summed E-state index contributed by atoms with van der Waals surface area (Å²) in [6.45, 7) is 0. The molecule has 3 rings (SSSR count).